The van der Waals surface area contributed by atoms with Crippen LogP contribution in [-0.4, -0.2) is 13.2 Å². The first-order valence-electron chi connectivity index (χ1n) is 8.27. The molecule has 0 aliphatic carbocycles. The minimum atomic E-state index is -3.20. The largest absolute Gasteiger partial charge is 0.353 e. The topological polar surface area (TPSA) is 35.5 Å². The van der Waals surface area contributed by atoms with Gasteiger partial charge in [-0.05, 0) is 31.9 Å². The second-order valence-corrected chi connectivity index (χ2v) is 7.41. The molecule has 0 bridgehead atoms. The van der Waals surface area contributed by atoms with Crippen molar-refractivity contribution in [3.05, 3.63) is 83.2 Å². The molecule has 0 saturated carbocycles. The highest BCUT2D eigenvalue weighted by molar-refractivity contribution is 7.57. The van der Waals surface area contributed by atoms with Crippen LogP contribution in [0.5, 0.6) is 0 Å². The molecule has 0 aliphatic heterocycles. The zero-order valence-corrected chi connectivity index (χ0v) is 15.4. The molecule has 2 rings (SSSR count). The second-order valence-electron chi connectivity index (χ2n) is 5.52. The summed E-state index contributed by atoms with van der Waals surface area (Å²) >= 11 is 0. The zero-order valence-electron chi connectivity index (χ0n) is 14.5. The van der Waals surface area contributed by atoms with Gasteiger partial charge in [0.05, 0.1) is 13.2 Å². The van der Waals surface area contributed by atoms with E-state index in [1.165, 1.54) is 5.56 Å². The summed E-state index contributed by atoms with van der Waals surface area (Å²) < 4.78 is 23.4. The summed E-state index contributed by atoms with van der Waals surface area (Å²) in [6.45, 7) is 6.39. The lowest BCUT2D eigenvalue weighted by Crippen LogP contribution is -1.99. The number of hydrogen-bond donors (Lipinski definition) is 0. The van der Waals surface area contributed by atoms with E-state index in [4.69, 9.17) is 9.05 Å². The van der Waals surface area contributed by atoms with E-state index in [-0.39, 0.29) is 5.92 Å². The summed E-state index contributed by atoms with van der Waals surface area (Å²) in [6, 6.07) is 18.5. The molecule has 128 valence electrons. The van der Waals surface area contributed by atoms with E-state index in [0.717, 1.165) is 11.1 Å². The maximum absolute atomic E-state index is 12.7. The van der Waals surface area contributed by atoms with Gasteiger partial charge in [-0.15, -0.1) is 0 Å². The number of benzene rings is 2. The Morgan fingerprint density at radius 1 is 0.917 bits per heavy atom. The Hall–Kier alpha value is -1.67. The molecule has 3 nitrogen and oxygen atoms in total. The van der Waals surface area contributed by atoms with Crippen molar-refractivity contribution < 1.29 is 13.6 Å². The van der Waals surface area contributed by atoms with Crippen LogP contribution in [0.3, 0.4) is 0 Å². The third-order valence-corrected chi connectivity index (χ3v) is 5.45. The van der Waals surface area contributed by atoms with Crippen LogP contribution in [0.1, 0.15) is 36.5 Å². The lowest BCUT2D eigenvalue weighted by atomic mass is 9.91. The molecular formula is C20H25O3P. The first-order chi connectivity index (χ1) is 11.6. The summed E-state index contributed by atoms with van der Waals surface area (Å²) in [4.78, 5) is 0. The van der Waals surface area contributed by atoms with Crippen molar-refractivity contribution in [3.8, 4) is 0 Å². The average Bonchev–Trinajstić information content (AvgIpc) is 2.58. The van der Waals surface area contributed by atoms with Crippen LogP contribution in [0.25, 0.3) is 0 Å². The highest BCUT2D eigenvalue weighted by atomic mass is 31.2. The molecule has 0 radical (unpaired) electrons. The van der Waals surface area contributed by atoms with Crippen LogP contribution >= 0.6 is 7.60 Å². The number of allylic oxidation sites excluding steroid dienone is 1. The Balaban J connectivity index is 2.37. The molecule has 0 aromatic heterocycles. The van der Waals surface area contributed by atoms with Gasteiger partial charge in [0.2, 0.25) is 0 Å². The quantitative estimate of drug-likeness (QED) is 0.559. The molecule has 0 saturated heterocycles. The molecule has 2 aromatic rings. The van der Waals surface area contributed by atoms with E-state index in [1.807, 2.05) is 38.1 Å². The predicted molar refractivity (Wildman–Crippen MR) is 99.5 cm³/mol. The minimum Gasteiger partial charge on any atom is -0.306 e. The zero-order chi connectivity index (χ0) is 17.4. The van der Waals surface area contributed by atoms with Crippen LogP contribution in [-0.2, 0) is 13.6 Å². The third-order valence-electron chi connectivity index (χ3n) is 3.67. The second kappa shape index (κ2) is 8.98. The highest BCUT2D eigenvalue weighted by Gasteiger charge is 2.20. The smallest absolute Gasteiger partial charge is 0.306 e. The van der Waals surface area contributed by atoms with Gasteiger partial charge in [-0.2, -0.15) is 0 Å². The average molecular weight is 344 g/mol. The van der Waals surface area contributed by atoms with E-state index in [9.17, 15) is 4.57 Å². The first-order valence-corrected chi connectivity index (χ1v) is 9.89. The summed E-state index contributed by atoms with van der Waals surface area (Å²) in [5.74, 6) is 1.60. The highest BCUT2D eigenvalue weighted by Crippen LogP contribution is 2.50. The van der Waals surface area contributed by atoms with Gasteiger partial charge >= 0.3 is 7.60 Å². The van der Waals surface area contributed by atoms with Gasteiger partial charge < -0.3 is 9.05 Å². The molecule has 0 fully saturated rings. The maximum atomic E-state index is 12.7. The van der Waals surface area contributed by atoms with Crippen LogP contribution in [0, 0.1) is 6.92 Å². The monoisotopic (exact) mass is 344 g/mol. The van der Waals surface area contributed by atoms with Crippen LogP contribution in [0.15, 0.2) is 66.5 Å². The predicted octanol–water partition coefficient (Wildman–Crippen LogP) is 5.91. The lowest BCUT2D eigenvalue weighted by molar-refractivity contribution is 0.229. The molecule has 1 unspecified atom stereocenters. The maximum Gasteiger partial charge on any atom is 0.353 e. The molecule has 24 heavy (non-hydrogen) atoms. The minimum absolute atomic E-state index is 0.000960. The lowest BCUT2D eigenvalue weighted by Gasteiger charge is -2.17. The van der Waals surface area contributed by atoms with Crippen LogP contribution in [0.2, 0.25) is 0 Å². The first kappa shape index (κ1) is 18.7. The fraction of sp³-hybridized carbons (Fsp3) is 0.300. The third kappa shape index (κ3) is 5.17. The SMILES string of the molecule is CCOP(=O)(/C=C/C(c1ccccc1)c1ccc(C)cc1)OCC. The molecule has 0 N–H and O–H groups in total. The molecular weight excluding hydrogens is 319 g/mol. The fourth-order valence-electron chi connectivity index (χ4n) is 2.52. The fourth-order valence-corrected chi connectivity index (χ4v) is 3.87. The van der Waals surface area contributed by atoms with Gasteiger partial charge in [-0.25, -0.2) is 0 Å². The molecule has 0 amide bonds. The normalized spacial score (nSPS) is 13.3. The van der Waals surface area contributed by atoms with Gasteiger partial charge in [0, 0.05) is 11.7 Å². The van der Waals surface area contributed by atoms with Crippen LogP contribution in [0.4, 0.5) is 0 Å². The number of rotatable bonds is 8. The van der Waals surface area contributed by atoms with Crippen molar-refractivity contribution in [2.75, 3.05) is 13.2 Å². The van der Waals surface area contributed by atoms with Gasteiger partial charge in [0.1, 0.15) is 0 Å². The summed E-state index contributed by atoms with van der Waals surface area (Å²) in [5.41, 5.74) is 3.49. The summed E-state index contributed by atoms with van der Waals surface area (Å²) in [5, 5.41) is 0. The molecule has 0 aliphatic rings. The van der Waals surface area contributed by atoms with E-state index in [0.29, 0.717) is 13.2 Å². The van der Waals surface area contributed by atoms with Crippen molar-refractivity contribution in [3.63, 3.8) is 0 Å². The van der Waals surface area contributed by atoms with Crippen molar-refractivity contribution >= 4 is 7.60 Å². The van der Waals surface area contributed by atoms with E-state index < -0.39 is 7.60 Å². The van der Waals surface area contributed by atoms with Crippen molar-refractivity contribution in [2.24, 2.45) is 0 Å². The molecule has 2 aromatic carbocycles. The van der Waals surface area contributed by atoms with E-state index in [1.54, 1.807) is 5.82 Å². The van der Waals surface area contributed by atoms with Gasteiger partial charge in [-0.3, -0.25) is 4.57 Å². The Bertz CT molecular complexity index is 683. The number of hydrogen-bond acceptors (Lipinski definition) is 3. The van der Waals surface area contributed by atoms with Crippen molar-refractivity contribution in [2.45, 2.75) is 26.7 Å². The van der Waals surface area contributed by atoms with Gasteiger partial charge in [-0.1, -0.05) is 66.2 Å². The van der Waals surface area contributed by atoms with E-state index in [2.05, 4.69) is 43.3 Å². The van der Waals surface area contributed by atoms with Crippen molar-refractivity contribution in [1.29, 1.82) is 0 Å². The molecule has 4 heteroatoms. The molecule has 1 atom stereocenters. The van der Waals surface area contributed by atoms with E-state index >= 15 is 0 Å². The van der Waals surface area contributed by atoms with Crippen LogP contribution < -0.4 is 0 Å². The number of aryl methyl sites for hydroxylation is 1. The Morgan fingerprint density at radius 3 is 2.00 bits per heavy atom. The van der Waals surface area contributed by atoms with Gasteiger partial charge in [0.15, 0.2) is 0 Å². The molecule has 0 heterocycles. The van der Waals surface area contributed by atoms with Gasteiger partial charge in [0.25, 0.3) is 0 Å². The molecule has 0 spiro atoms. The Morgan fingerprint density at radius 2 is 1.46 bits per heavy atom. The standard InChI is InChI=1S/C20H25O3P/c1-4-22-24(21,23-5-2)16-15-20(18-9-7-6-8-10-18)19-13-11-17(3)12-14-19/h6-16,20H,4-5H2,1-3H3/b16-15+. The summed E-state index contributed by atoms with van der Waals surface area (Å²) in [6.07, 6.45) is 1.92. The van der Waals surface area contributed by atoms with Crippen molar-refractivity contribution in [1.82, 2.24) is 0 Å². The summed E-state index contributed by atoms with van der Waals surface area (Å²) in [7, 11) is -3.20. The Labute approximate surface area is 144 Å². The Kier molecular flexibility index (Phi) is 6.99.